The molecule has 0 spiro atoms. The van der Waals surface area contributed by atoms with Crippen LogP contribution in [-0.2, 0) is 4.79 Å². The van der Waals surface area contributed by atoms with Crippen molar-refractivity contribution in [2.75, 3.05) is 7.05 Å². The topological polar surface area (TPSA) is 46.3 Å². The van der Waals surface area contributed by atoms with Crippen LogP contribution < -0.4 is 5.73 Å². The van der Waals surface area contributed by atoms with Gasteiger partial charge in [-0.05, 0) is 30.7 Å². The van der Waals surface area contributed by atoms with Crippen molar-refractivity contribution in [2.45, 2.75) is 45.2 Å². The van der Waals surface area contributed by atoms with E-state index >= 15 is 0 Å². The molecule has 1 aromatic rings. The van der Waals surface area contributed by atoms with E-state index in [0.717, 1.165) is 5.56 Å². The number of carbonyl (C=O) groups is 1. The monoisotopic (exact) mass is 296 g/mol. The molecule has 1 aliphatic carbocycles. The highest BCUT2D eigenvalue weighted by atomic mass is 35.5. The van der Waals surface area contributed by atoms with E-state index < -0.39 is 0 Å². The second-order valence-corrected chi connectivity index (χ2v) is 6.06. The summed E-state index contributed by atoms with van der Waals surface area (Å²) in [5.74, 6) is 0.136. The van der Waals surface area contributed by atoms with Crippen molar-refractivity contribution in [2.24, 2.45) is 11.1 Å². The average molecular weight is 297 g/mol. The molecule has 0 bridgehead atoms. The fourth-order valence-electron chi connectivity index (χ4n) is 2.45. The molecule has 2 atom stereocenters. The molecule has 0 saturated heterocycles. The summed E-state index contributed by atoms with van der Waals surface area (Å²) in [6, 6.07) is 9.90. The largest absolute Gasteiger partial charge is 0.342 e. The van der Waals surface area contributed by atoms with E-state index in [-0.39, 0.29) is 24.4 Å². The summed E-state index contributed by atoms with van der Waals surface area (Å²) in [7, 11) is 1.90. The van der Waals surface area contributed by atoms with Crippen LogP contribution in [0.3, 0.4) is 0 Å². The van der Waals surface area contributed by atoms with Gasteiger partial charge >= 0.3 is 0 Å². The fraction of sp³-hybridized carbons (Fsp3) is 0.562. The van der Waals surface area contributed by atoms with Gasteiger partial charge in [-0.3, -0.25) is 4.79 Å². The number of rotatable bonds is 5. The van der Waals surface area contributed by atoms with Crippen LogP contribution in [0, 0.1) is 5.41 Å². The predicted molar refractivity (Wildman–Crippen MR) is 84.8 cm³/mol. The van der Waals surface area contributed by atoms with E-state index in [2.05, 4.69) is 13.8 Å². The standard InChI is InChI=1S/C16H24N2O.ClH/c1-12(16(2)9-10-16)18(3)15(19)11-14(17)13-7-5-4-6-8-13;/h4-8,12,14H,9-11,17H2,1-3H3;1H. The zero-order valence-corrected chi connectivity index (χ0v) is 13.3. The number of nitrogens with two attached hydrogens (primary N) is 1. The van der Waals surface area contributed by atoms with Gasteiger partial charge in [-0.2, -0.15) is 0 Å². The van der Waals surface area contributed by atoms with Gasteiger partial charge in [0.25, 0.3) is 0 Å². The first-order valence-electron chi connectivity index (χ1n) is 7.00. The van der Waals surface area contributed by atoms with E-state index in [1.165, 1.54) is 12.8 Å². The Hall–Kier alpha value is -1.06. The summed E-state index contributed by atoms with van der Waals surface area (Å²) in [6.45, 7) is 4.39. The van der Waals surface area contributed by atoms with Gasteiger partial charge in [-0.15, -0.1) is 12.4 Å². The quantitative estimate of drug-likeness (QED) is 0.907. The highest BCUT2D eigenvalue weighted by molar-refractivity contribution is 5.85. The van der Waals surface area contributed by atoms with E-state index in [1.807, 2.05) is 42.3 Å². The highest BCUT2D eigenvalue weighted by Gasteiger charge is 2.45. The lowest BCUT2D eigenvalue weighted by atomic mass is 9.98. The number of nitrogens with zero attached hydrogens (tertiary/aromatic N) is 1. The lowest BCUT2D eigenvalue weighted by molar-refractivity contribution is -0.133. The van der Waals surface area contributed by atoms with Gasteiger partial charge in [0.1, 0.15) is 0 Å². The highest BCUT2D eigenvalue weighted by Crippen LogP contribution is 2.49. The molecular weight excluding hydrogens is 272 g/mol. The summed E-state index contributed by atoms with van der Waals surface area (Å²) in [5.41, 5.74) is 7.45. The van der Waals surface area contributed by atoms with Crippen LogP contribution in [0.25, 0.3) is 0 Å². The van der Waals surface area contributed by atoms with Crippen LogP contribution in [0.5, 0.6) is 0 Å². The molecule has 0 aromatic heterocycles. The molecule has 2 rings (SSSR count). The van der Waals surface area contributed by atoms with Crippen molar-refractivity contribution in [3.63, 3.8) is 0 Å². The van der Waals surface area contributed by atoms with Crippen LogP contribution in [0.2, 0.25) is 0 Å². The normalized spacial score (nSPS) is 18.6. The SMILES string of the molecule is CC(N(C)C(=O)CC(N)c1ccccc1)C1(C)CC1.Cl. The molecule has 0 radical (unpaired) electrons. The summed E-state index contributed by atoms with van der Waals surface area (Å²) in [4.78, 5) is 14.2. The number of hydrogen-bond donors (Lipinski definition) is 1. The van der Waals surface area contributed by atoms with Gasteiger partial charge in [0.2, 0.25) is 5.91 Å². The maximum absolute atomic E-state index is 12.3. The molecule has 1 fully saturated rings. The smallest absolute Gasteiger partial charge is 0.224 e. The number of amides is 1. The molecular formula is C16H25ClN2O. The Morgan fingerprint density at radius 3 is 2.40 bits per heavy atom. The van der Waals surface area contributed by atoms with Crippen molar-refractivity contribution < 1.29 is 4.79 Å². The van der Waals surface area contributed by atoms with Crippen molar-refractivity contribution >= 4 is 18.3 Å². The first-order chi connectivity index (χ1) is 8.94. The molecule has 1 amide bonds. The fourth-order valence-corrected chi connectivity index (χ4v) is 2.45. The van der Waals surface area contributed by atoms with E-state index in [4.69, 9.17) is 5.73 Å². The predicted octanol–water partition coefficient (Wildman–Crippen LogP) is 3.15. The van der Waals surface area contributed by atoms with Crippen molar-refractivity contribution in [1.82, 2.24) is 4.90 Å². The van der Waals surface area contributed by atoms with Crippen molar-refractivity contribution in [3.8, 4) is 0 Å². The summed E-state index contributed by atoms with van der Waals surface area (Å²) in [5, 5.41) is 0. The summed E-state index contributed by atoms with van der Waals surface area (Å²) in [6.07, 6.45) is 2.81. The molecule has 2 unspecified atom stereocenters. The Bertz CT molecular complexity index is 445. The van der Waals surface area contributed by atoms with Gasteiger partial charge in [-0.1, -0.05) is 37.3 Å². The third-order valence-corrected chi connectivity index (χ3v) is 4.64. The molecule has 0 heterocycles. The average Bonchev–Trinajstić information content (AvgIpc) is 3.17. The first kappa shape index (κ1) is 17.0. The molecule has 3 nitrogen and oxygen atoms in total. The van der Waals surface area contributed by atoms with Crippen molar-refractivity contribution in [1.29, 1.82) is 0 Å². The lowest BCUT2D eigenvalue weighted by Gasteiger charge is -2.31. The number of carbonyl (C=O) groups excluding carboxylic acids is 1. The van der Waals surface area contributed by atoms with Crippen molar-refractivity contribution in [3.05, 3.63) is 35.9 Å². The Labute approximate surface area is 127 Å². The lowest BCUT2D eigenvalue weighted by Crippen LogP contribution is -2.41. The molecule has 4 heteroatoms. The molecule has 1 aliphatic rings. The van der Waals surface area contributed by atoms with Gasteiger partial charge in [0.05, 0.1) is 0 Å². The Kier molecular flexibility index (Phi) is 5.60. The maximum atomic E-state index is 12.3. The van der Waals surface area contributed by atoms with Gasteiger partial charge in [0.15, 0.2) is 0 Å². The molecule has 20 heavy (non-hydrogen) atoms. The second kappa shape index (κ2) is 6.59. The minimum Gasteiger partial charge on any atom is -0.342 e. The third kappa shape index (κ3) is 3.74. The van der Waals surface area contributed by atoms with E-state index in [9.17, 15) is 4.79 Å². The number of halogens is 1. The maximum Gasteiger partial charge on any atom is 0.224 e. The van der Waals surface area contributed by atoms with Crippen LogP contribution in [0.4, 0.5) is 0 Å². The third-order valence-electron chi connectivity index (χ3n) is 4.64. The van der Waals surface area contributed by atoms with Crippen LogP contribution >= 0.6 is 12.4 Å². The van der Waals surface area contributed by atoms with Crippen LogP contribution in [0.1, 0.15) is 44.7 Å². The Balaban J connectivity index is 0.00000200. The molecule has 1 saturated carbocycles. The minimum absolute atomic E-state index is 0. The van der Waals surface area contributed by atoms with Gasteiger partial charge in [0, 0.05) is 25.6 Å². The minimum atomic E-state index is -0.213. The van der Waals surface area contributed by atoms with Gasteiger partial charge < -0.3 is 10.6 Å². The molecule has 0 aliphatic heterocycles. The summed E-state index contributed by atoms with van der Waals surface area (Å²) < 4.78 is 0. The summed E-state index contributed by atoms with van der Waals surface area (Å²) >= 11 is 0. The van der Waals surface area contributed by atoms with E-state index in [1.54, 1.807) is 0 Å². The zero-order chi connectivity index (χ0) is 14.0. The Morgan fingerprint density at radius 2 is 1.90 bits per heavy atom. The zero-order valence-electron chi connectivity index (χ0n) is 12.5. The van der Waals surface area contributed by atoms with Gasteiger partial charge in [-0.25, -0.2) is 0 Å². The van der Waals surface area contributed by atoms with Crippen LogP contribution in [-0.4, -0.2) is 23.9 Å². The molecule has 1 aromatic carbocycles. The molecule has 2 N–H and O–H groups in total. The van der Waals surface area contributed by atoms with Crippen LogP contribution in [0.15, 0.2) is 30.3 Å². The molecule has 112 valence electrons. The number of benzene rings is 1. The number of hydrogen-bond acceptors (Lipinski definition) is 2. The Morgan fingerprint density at radius 1 is 1.35 bits per heavy atom. The first-order valence-corrected chi connectivity index (χ1v) is 7.00. The van der Waals surface area contributed by atoms with E-state index in [0.29, 0.717) is 17.9 Å². The second-order valence-electron chi connectivity index (χ2n) is 6.06.